The van der Waals surface area contributed by atoms with Gasteiger partial charge in [-0.25, -0.2) is 9.97 Å². The molecule has 0 saturated carbocycles. The predicted molar refractivity (Wildman–Crippen MR) is 94.2 cm³/mol. The molecule has 4 rings (SSSR count). The fourth-order valence-corrected chi connectivity index (χ4v) is 4.06. The van der Waals surface area contributed by atoms with Crippen LogP contribution in [-0.2, 0) is 16.1 Å². The van der Waals surface area contributed by atoms with Crippen LogP contribution in [0.15, 0.2) is 12.4 Å². The Morgan fingerprint density at radius 2 is 1.88 bits per heavy atom. The topological polar surface area (TPSA) is 61.8 Å². The van der Waals surface area contributed by atoms with Crippen LogP contribution in [-0.4, -0.2) is 78.2 Å². The van der Waals surface area contributed by atoms with Crippen LogP contribution in [0.25, 0.3) is 0 Å². The third-order valence-corrected chi connectivity index (χ3v) is 5.56. The second kappa shape index (κ2) is 7.25. The van der Waals surface area contributed by atoms with Crippen LogP contribution in [0.4, 0.5) is 5.95 Å². The summed E-state index contributed by atoms with van der Waals surface area (Å²) in [4.78, 5) is 28.1. The van der Waals surface area contributed by atoms with Crippen molar-refractivity contribution in [3.8, 4) is 0 Å². The summed E-state index contributed by atoms with van der Waals surface area (Å²) < 4.78 is 5.66. The molecule has 1 aromatic heterocycles. The summed E-state index contributed by atoms with van der Waals surface area (Å²) >= 11 is 0. The highest BCUT2D eigenvalue weighted by molar-refractivity contribution is 5.79. The van der Waals surface area contributed by atoms with E-state index < -0.39 is 0 Å². The van der Waals surface area contributed by atoms with E-state index >= 15 is 0 Å². The van der Waals surface area contributed by atoms with Crippen LogP contribution in [0.1, 0.15) is 24.8 Å². The van der Waals surface area contributed by atoms with Crippen molar-refractivity contribution in [2.75, 3.05) is 51.3 Å². The van der Waals surface area contributed by atoms with E-state index in [9.17, 15) is 4.79 Å². The molecule has 3 fully saturated rings. The Morgan fingerprint density at radius 3 is 2.64 bits per heavy atom. The summed E-state index contributed by atoms with van der Waals surface area (Å²) in [6, 6.07) is 0.133. The maximum atomic E-state index is 12.4. The van der Waals surface area contributed by atoms with Crippen molar-refractivity contribution >= 4 is 11.9 Å². The number of likely N-dealkylation sites (N-methyl/N-ethyl adjacent to an activating group) is 1. The quantitative estimate of drug-likeness (QED) is 0.806. The molecule has 0 aliphatic carbocycles. The predicted octanol–water partition coefficient (Wildman–Crippen LogP) is 0.756. The first-order chi connectivity index (χ1) is 12.2. The summed E-state index contributed by atoms with van der Waals surface area (Å²) in [6.07, 6.45) is 7.65. The van der Waals surface area contributed by atoms with Crippen LogP contribution in [0.3, 0.4) is 0 Å². The van der Waals surface area contributed by atoms with E-state index in [2.05, 4.69) is 19.8 Å². The molecule has 0 N–H and O–H groups in total. The number of fused-ring (bicyclic) bond motifs is 3. The van der Waals surface area contributed by atoms with E-state index in [4.69, 9.17) is 4.74 Å². The van der Waals surface area contributed by atoms with Gasteiger partial charge in [0.15, 0.2) is 0 Å². The fraction of sp³-hybridized carbons (Fsp3) is 0.722. The SMILES string of the molecule is CN1C(=O)[C@H]2COC[C@@H]1CN(Cc1cnc(N3CCCCC3)nc1)C2. The summed E-state index contributed by atoms with van der Waals surface area (Å²) in [5.74, 6) is 0.993. The van der Waals surface area contributed by atoms with E-state index in [0.29, 0.717) is 13.2 Å². The molecule has 1 aromatic rings. The van der Waals surface area contributed by atoms with Gasteiger partial charge in [0, 0.05) is 57.7 Å². The van der Waals surface area contributed by atoms with Crippen LogP contribution in [0, 0.1) is 5.92 Å². The van der Waals surface area contributed by atoms with E-state index in [1.807, 2.05) is 24.3 Å². The van der Waals surface area contributed by atoms with Gasteiger partial charge in [-0.3, -0.25) is 9.69 Å². The minimum Gasteiger partial charge on any atom is -0.378 e. The zero-order chi connectivity index (χ0) is 17.2. The molecule has 0 radical (unpaired) electrons. The number of carbonyl (C=O) groups is 1. The molecule has 4 heterocycles. The Labute approximate surface area is 149 Å². The van der Waals surface area contributed by atoms with Crippen LogP contribution < -0.4 is 4.90 Å². The number of piperidine rings is 1. The number of carbonyl (C=O) groups excluding carboxylic acids is 1. The molecule has 0 spiro atoms. The number of ether oxygens (including phenoxy) is 1. The second-order valence-corrected chi connectivity index (χ2v) is 7.47. The third-order valence-electron chi connectivity index (χ3n) is 5.56. The Morgan fingerprint density at radius 1 is 1.12 bits per heavy atom. The van der Waals surface area contributed by atoms with Crippen LogP contribution in [0.5, 0.6) is 0 Å². The van der Waals surface area contributed by atoms with Gasteiger partial charge in [0.2, 0.25) is 11.9 Å². The van der Waals surface area contributed by atoms with E-state index in [1.54, 1.807) is 0 Å². The monoisotopic (exact) mass is 345 g/mol. The molecule has 3 saturated heterocycles. The van der Waals surface area contributed by atoms with Crippen molar-refractivity contribution in [1.29, 1.82) is 0 Å². The van der Waals surface area contributed by atoms with Gasteiger partial charge in [0.25, 0.3) is 0 Å². The minimum absolute atomic E-state index is 0.0639. The molecule has 7 nitrogen and oxygen atoms in total. The zero-order valence-corrected chi connectivity index (χ0v) is 14.9. The van der Waals surface area contributed by atoms with Gasteiger partial charge >= 0.3 is 0 Å². The lowest BCUT2D eigenvalue weighted by Crippen LogP contribution is -2.42. The van der Waals surface area contributed by atoms with Gasteiger partial charge in [-0.2, -0.15) is 0 Å². The van der Waals surface area contributed by atoms with E-state index in [-0.39, 0.29) is 17.9 Å². The molecule has 0 unspecified atom stereocenters. The Kier molecular flexibility index (Phi) is 4.85. The lowest BCUT2D eigenvalue weighted by Gasteiger charge is -2.29. The average Bonchev–Trinajstić information content (AvgIpc) is 2.82. The van der Waals surface area contributed by atoms with Crippen LogP contribution >= 0.6 is 0 Å². The fourth-order valence-electron chi connectivity index (χ4n) is 4.06. The number of hydrogen-bond donors (Lipinski definition) is 0. The molecule has 2 atom stereocenters. The molecule has 3 aliphatic heterocycles. The lowest BCUT2D eigenvalue weighted by molar-refractivity contribution is -0.133. The summed E-state index contributed by atoms with van der Waals surface area (Å²) in [5, 5.41) is 0. The smallest absolute Gasteiger partial charge is 0.229 e. The van der Waals surface area contributed by atoms with Gasteiger partial charge in [-0.1, -0.05) is 0 Å². The van der Waals surface area contributed by atoms with Crippen LogP contribution in [0.2, 0.25) is 0 Å². The van der Waals surface area contributed by atoms with Gasteiger partial charge in [-0.15, -0.1) is 0 Å². The molecule has 25 heavy (non-hydrogen) atoms. The molecule has 3 aliphatic rings. The molecule has 2 bridgehead atoms. The molecule has 7 heteroatoms. The highest BCUT2D eigenvalue weighted by Crippen LogP contribution is 2.21. The van der Waals surface area contributed by atoms with Gasteiger partial charge < -0.3 is 14.5 Å². The lowest BCUT2D eigenvalue weighted by atomic mass is 10.1. The van der Waals surface area contributed by atoms with Crippen molar-refractivity contribution in [3.63, 3.8) is 0 Å². The van der Waals surface area contributed by atoms with E-state index in [1.165, 1.54) is 19.3 Å². The highest BCUT2D eigenvalue weighted by atomic mass is 16.5. The standard InChI is InChI=1S/C18H27N5O2/c1-21-16-11-22(10-15(17(21)24)12-25-13-16)9-14-7-19-18(20-8-14)23-5-3-2-4-6-23/h7-8,15-16H,2-6,9-13H2,1H3/t15-,16+/m1/s1. The van der Waals surface area contributed by atoms with E-state index in [0.717, 1.165) is 44.2 Å². The maximum Gasteiger partial charge on any atom is 0.229 e. The first kappa shape index (κ1) is 16.7. The number of amides is 1. The van der Waals surface area contributed by atoms with Crippen molar-refractivity contribution in [2.45, 2.75) is 31.8 Å². The number of anilines is 1. The second-order valence-electron chi connectivity index (χ2n) is 7.47. The van der Waals surface area contributed by atoms with Gasteiger partial charge in [0.1, 0.15) is 0 Å². The molecule has 136 valence electrons. The largest absolute Gasteiger partial charge is 0.378 e. The molecule has 1 amide bonds. The first-order valence-corrected chi connectivity index (χ1v) is 9.33. The summed E-state index contributed by atoms with van der Waals surface area (Å²) in [5.41, 5.74) is 1.11. The average molecular weight is 345 g/mol. The molecular weight excluding hydrogens is 318 g/mol. The number of nitrogens with zero attached hydrogens (tertiary/aromatic N) is 5. The zero-order valence-electron chi connectivity index (χ0n) is 14.9. The molecule has 0 aromatic carbocycles. The number of rotatable bonds is 3. The van der Waals surface area contributed by atoms with Crippen molar-refractivity contribution in [2.24, 2.45) is 5.92 Å². The van der Waals surface area contributed by atoms with Gasteiger partial charge in [0.05, 0.1) is 25.2 Å². The Hall–Kier alpha value is -1.73. The maximum absolute atomic E-state index is 12.4. The number of aromatic nitrogens is 2. The summed E-state index contributed by atoms with van der Waals surface area (Å²) in [7, 11) is 1.90. The first-order valence-electron chi connectivity index (χ1n) is 9.33. The van der Waals surface area contributed by atoms with Crippen molar-refractivity contribution < 1.29 is 9.53 Å². The highest BCUT2D eigenvalue weighted by Gasteiger charge is 2.37. The van der Waals surface area contributed by atoms with Gasteiger partial charge in [-0.05, 0) is 19.3 Å². The third kappa shape index (κ3) is 3.62. The summed E-state index contributed by atoms with van der Waals surface area (Å²) in [6.45, 7) is 5.64. The minimum atomic E-state index is -0.0639. The Bertz CT molecular complexity index is 602. The normalized spacial score (nSPS) is 28.1. The number of hydrogen-bond acceptors (Lipinski definition) is 6. The van der Waals surface area contributed by atoms with Crippen molar-refractivity contribution in [1.82, 2.24) is 19.8 Å². The Balaban J connectivity index is 1.42. The van der Waals surface area contributed by atoms with Crippen molar-refractivity contribution in [3.05, 3.63) is 18.0 Å². The molecular formula is C18H27N5O2.